The molecule has 1 fully saturated rings. The maximum Gasteiger partial charge on any atom is 0.293 e. The quantitative estimate of drug-likeness (QED) is 0.148. The third-order valence-electron chi connectivity index (χ3n) is 7.29. The number of anilines is 1. The number of carbonyl (C=O) groups is 1. The molecule has 3 rings (SSSR count). The van der Waals surface area contributed by atoms with Gasteiger partial charge in [-0.3, -0.25) is 4.79 Å². The van der Waals surface area contributed by atoms with E-state index in [1.165, 1.54) is 48.8 Å². The van der Waals surface area contributed by atoms with Gasteiger partial charge in [0.15, 0.2) is 5.82 Å². The van der Waals surface area contributed by atoms with Crippen molar-refractivity contribution in [3.63, 3.8) is 0 Å². The molecular weight excluding hydrogens is 490 g/mol. The van der Waals surface area contributed by atoms with E-state index in [4.69, 9.17) is 14.9 Å². The van der Waals surface area contributed by atoms with Gasteiger partial charge in [0, 0.05) is 30.9 Å². The van der Waals surface area contributed by atoms with Crippen LogP contribution in [0.15, 0.2) is 18.2 Å². The number of nitrogens with one attached hydrogen (secondary N) is 1. The second-order valence-corrected chi connectivity index (χ2v) is 10.4. The number of phenols is 1. The van der Waals surface area contributed by atoms with Crippen LogP contribution in [0.25, 0.3) is 11.3 Å². The maximum atomic E-state index is 10.9. The van der Waals surface area contributed by atoms with Crippen molar-refractivity contribution in [2.75, 3.05) is 25.6 Å². The van der Waals surface area contributed by atoms with Crippen LogP contribution in [0.3, 0.4) is 0 Å². The van der Waals surface area contributed by atoms with E-state index in [1.54, 1.807) is 14.0 Å². The molecule has 1 atom stereocenters. The number of ether oxygens (including phenoxy) is 2. The summed E-state index contributed by atoms with van der Waals surface area (Å²) < 4.78 is 9.52. The maximum absolute atomic E-state index is 10.9. The van der Waals surface area contributed by atoms with Crippen molar-refractivity contribution < 1.29 is 19.4 Å². The molecule has 39 heavy (non-hydrogen) atoms. The molecule has 0 bridgehead atoms. The van der Waals surface area contributed by atoms with Gasteiger partial charge in [0.2, 0.25) is 0 Å². The van der Waals surface area contributed by atoms with Crippen molar-refractivity contribution in [2.45, 2.75) is 117 Å². The van der Waals surface area contributed by atoms with Gasteiger partial charge in [0.1, 0.15) is 11.4 Å². The van der Waals surface area contributed by atoms with Crippen molar-refractivity contribution in [1.82, 2.24) is 10.2 Å². The van der Waals surface area contributed by atoms with Crippen molar-refractivity contribution in [3.8, 4) is 17.0 Å². The summed E-state index contributed by atoms with van der Waals surface area (Å²) in [7, 11) is 1.75. The van der Waals surface area contributed by atoms with E-state index in [2.05, 4.69) is 36.9 Å². The van der Waals surface area contributed by atoms with Crippen LogP contribution in [0.5, 0.6) is 5.75 Å². The van der Waals surface area contributed by atoms with Crippen molar-refractivity contribution in [3.05, 3.63) is 34.9 Å². The number of nitrogens with zero attached hydrogens (tertiary/aromatic N) is 2. The molecule has 1 aromatic carbocycles. The molecule has 0 aliphatic heterocycles. The molecule has 7 nitrogen and oxygen atoms in total. The first-order valence-corrected chi connectivity index (χ1v) is 15.1. The normalized spacial score (nSPS) is 13.4. The highest BCUT2D eigenvalue weighted by Gasteiger charge is 2.26. The summed E-state index contributed by atoms with van der Waals surface area (Å²) in [6.45, 7) is 10.1. The number of aromatic nitrogens is 2. The molecule has 0 saturated heterocycles. The monoisotopic (exact) mass is 541 g/mol. The number of hydrogen-bond donors (Lipinski definition) is 2. The Kier molecular flexibility index (Phi) is 15.5. The van der Waals surface area contributed by atoms with Gasteiger partial charge >= 0.3 is 0 Å². The van der Waals surface area contributed by atoms with E-state index in [0.717, 1.165) is 62.0 Å². The van der Waals surface area contributed by atoms with Crippen LogP contribution < -0.4 is 5.32 Å². The summed E-state index contributed by atoms with van der Waals surface area (Å²) >= 11 is 0. The number of aromatic hydroxyl groups is 1. The van der Waals surface area contributed by atoms with Gasteiger partial charge < -0.3 is 19.9 Å². The Morgan fingerprint density at radius 3 is 2.33 bits per heavy atom. The van der Waals surface area contributed by atoms with E-state index < -0.39 is 0 Å². The van der Waals surface area contributed by atoms with Crippen LogP contribution in [0, 0.1) is 0 Å². The SMILES string of the molecule is CCCCCC(CC)Nc1nnc(-c2ccc(C3CC3)cc2O)c(CCCOC)c1CCCC.CCOC=O. The number of carbonyl (C=O) groups excluding carboxylic acids is 1. The first kappa shape index (κ1) is 32.5. The average Bonchev–Trinajstić information content (AvgIpc) is 3.79. The van der Waals surface area contributed by atoms with E-state index in [0.29, 0.717) is 37.4 Å². The van der Waals surface area contributed by atoms with Crippen molar-refractivity contribution >= 4 is 12.3 Å². The highest BCUT2D eigenvalue weighted by molar-refractivity contribution is 5.73. The first-order chi connectivity index (χ1) is 19.0. The molecule has 1 aromatic heterocycles. The molecule has 1 aliphatic rings. The van der Waals surface area contributed by atoms with Crippen molar-refractivity contribution in [2.24, 2.45) is 0 Å². The third kappa shape index (κ3) is 10.8. The second kappa shape index (κ2) is 18.6. The topological polar surface area (TPSA) is 93.6 Å². The lowest BCUT2D eigenvalue weighted by Gasteiger charge is -2.23. The molecule has 1 heterocycles. The Hall–Kier alpha value is -2.67. The number of rotatable bonds is 18. The minimum Gasteiger partial charge on any atom is -0.507 e. The summed E-state index contributed by atoms with van der Waals surface area (Å²) in [5.41, 5.74) is 5.33. The standard InChI is InChI=1S/C29H45N3O2.C3H6O2/c1-5-8-10-12-23(7-3)30-29-25(13-9-6-2)24(14-11-19-34-4)28(31-32-29)26-18-17-22(20-27(26)33)21-15-16-21;1-2-5-3-4/h17-18,20-21,23,33H,5-16,19H2,1-4H3,(H,30,32);3H,2H2,1H3. The highest BCUT2D eigenvalue weighted by Crippen LogP contribution is 2.43. The third-order valence-corrected chi connectivity index (χ3v) is 7.29. The minimum absolute atomic E-state index is 0.319. The van der Waals surface area contributed by atoms with Crippen LogP contribution in [0.2, 0.25) is 0 Å². The smallest absolute Gasteiger partial charge is 0.293 e. The Bertz CT molecular complexity index is 978. The zero-order chi connectivity index (χ0) is 28.5. The fourth-order valence-corrected chi connectivity index (χ4v) is 4.82. The molecule has 1 saturated carbocycles. The number of benzene rings is 1. The Morgan fingerprint density at radius 1 is 1.03 bits per heavy atom. The molecule has 2 aromatic rings. The van der Waals surface area contributed by atoms with Crippen LogP contribution in [0.4, 0.5) is 5.82 Å². The predicted octanol–water partition coefficient (Wildman–Crippen LogP) is 7.60. The Morgan fingerprint density at radius 2 is 1.77 bits per heavy atom. The van der Waals surface area contributed by atoms with Gasteiger partial charge in [-0.2, -0.15) is 0 Å². The molecule has 1 unspecified atom stereocenters. The van der Waals surface area contributed by atoms with Gasteiger partial charge in [-0.1, -0.05) is 52.5 Å². The summed E-state index contributed by atoms with van der Waals surface area (Å²) in [6.07, 6.45) is 13.4. The minimum atomic E-state index is 0.319. The van der Waals surface area contributed by atoms with Crippen molar-refractivity contribution in [1.29, 1.82) is 0 Å². The number of phenolic OH excluding ortho intramolecular Hbond substituents is 1. The van der Waals surface area contributed by atoms with Gasteiger partial charge in [0.25, 0.3) is 6.47 Å². The van der Waals surface area contributed by atoms with E-state index in [-0.39, 0.29) is 0 Å². The van der Waals surface area contributed by atoms with E-state index in [9.17, 15) is 9.90 Å². The lowest BCUT2D eigenvalue weighted by Crippen LogP contribution is -2.22. The van der Waals surface area contributed by atoms with Gasteiger partial charge in [0.05, 0.1) is 6.61 Å². The van der Waals surface area contributed by atoms with Crippen LogP contribution in [-0.2, 0) is 27.1 Å². The Balaban J connectivity index is 0.000000976. The summed E-state index contributed by atoms with van der Waals surface area (Å²) in [5.74, 6) is 1.86. The van der Waals surface area contributed by atoms with Gasteiger partial charge in [-0.05, 0) is 87.5 Å². The average molecular weight is 542 g/mol. The number of methoxy groups -OCH3 is 1. The Labute approximate surface area is 236 Å². The summed E-state index contributed by atoms with van der Waals surface area (Å²) in [4.78, 5) is 9.18. The van der Waals surface area contributed by atoms with Crippen LogP contribution >= 0.6 is 0 Å². The molecule has 0 radical (unpaired) electrons. The second-order valence-electron chi connectivity index (χ2n) is 10.4. The number of unbranched alkanes of at least 4 members (excludes halogenated alkanes) is 3. The predicted molar refractivity (Wildman–Crippen MR) is 159 cm³/mol. The zero-order valence-electron chi connectivity index (χ0n) is 24.9. The molecular formula is C32H51N3O4. The molecule has 2 N–H and O–H groups in total. The van der Waals surface area contributed by atoms with Gasteiger partial charge in [-0.15, -0.1) is 10.2 Å². The largest absolute Gasteiger partial charge is 0.507 e. The lowest BCUT2D eigenvalue weighted by atomic mass is 9.93. The highest BCUT2D eigenvalue weighted by atomic mass is 16.5. The molecule has 0 amide bonds. The summed E-state index contributed by atoms with van der Waals surface area (Å²) in [6, 6.07) is 6.55. The molecule has 1 aliphatic carbocycles. The number of hydrogen-bond acceptors (Lipinski definition) is 7. The molecule has 7 heteroatoms. The lowest BCUT2D eigenvalue weighted by molar-refractivity contribution is -0.128. The first-order valence-electron chi connectivity index (χ1n) is 15.1. The van der Waals surface area contributed by atoms with E-state index in [1.807, 2.05) is 12.1 Å². The zero-order valence-corrected chi connectivity index (χ0v) is 24.9. The molecule has 218 valence electrons. The van der Waals surface area contributed by atoms with Crippen LogP contribution in [0.1, 0.15) is 115 Å². The van der Waals surface area contributed by atoms with Crippen LogP contribution in [-0.4, -0.2) is 48.1 Å². The molecule has 0 spiro atoms. The van der Waals surface area contributed by atoms with E-state index >= 15 is 0 Å². The summed E-state index contributed by atoms with van der Waals surface area (Å²) in [5, 5.41) is 24.1. The van der Waals surface area contributed by atoms with Gasteiger partial charge in [-0.25, -0.2) is 0 Å². The fourth-order valence-electron chi connectivity index (χ4n) is 4.82. The fraction of sp³-hybridized carbons (Fsp3) is 0.656.